The Hall–Kier alpha value is -1.26. The maximum Gasteiger partial charge on any atom is 0.378 e. The summed E-state index contributed by atoms with van der Waals surface area (Å²) in [6, 6.07) is 0. The monoisotopic (exact) mass is 134 g/mol. The molecule has 1 aliphatic rings. The van der Waals surface area contributed by atoms with E-state index in [0.717, 1.165) is 0 Å². The number of hydrogen-bond donors (Lipinski definition) is 0. The molecular formula is C4F2O3. The highest BCUT2D eigenvalue weighted by Crippen LogP contribution is 2.18. The van der Waals surface area contributed by atoms with Gasteiger partial charge in [-0.05, 0) is 0 Å². The molecule has 0 aliphatic carbocycles. The van der Waals surface area contributed by atoms with Crippen LogP contribution in [0.5, 0.6) is 0 Å². The number of hydrogen-bond acceptors (Lipinski definition) is 3. The SMILES string of the molecule is O=C1OC(=O)C(F)=C1F. The van der Waals surface area contributed by atoms with Gasteiger partial charge in [-0.15, -0.1) is 0 Å². The second-order valence-electron chi connectivity index (χ2n) is 1.30. The lowest BCUT2D eigenvalue weighted by molar-refractivity contribution is -0.152. The summed E-state index contributed by atoms with van der Waals surface area (Å²) in [5.74, 6) is -6.62. The minimum Gasteiger partial charge on any atom is -0.382 e. The Labute approximate surface area is 47.9 Å². The average Bonchev–Trinajstić information content (AvgIpc) is 1.98. The van der Waals surface area contributed by atoms with Crippen LogP contribution in [0.15, 0.2) is 11.7 Å². The third-order valence-electron chi connectivity index (χ3n) is 0.737. The quantitative estimate of drug-likeness (QED) is 0.351. The van der Waals surface area contributed by atoms with Gasteiger partial charge in [0, 0.05) is 0 Å². The fourth-order valence-corrected chi connectivity index (χ4v) is 0.353. The van der Waals surface area contributed by atoms with Crippen molar-refractivity contribution in [2.75, 3.05) is 0 Å². The summed E-state index contributed by atoms with van der Waals surface area (Å²) < 4.78 is 27.0. The zero-order chi connectivity index (χ0) is 7.02. The molecule has 0 bridgehead atoms. The first-order valence-corrected chi connectivity index (χ1v) is 1.94. The van der Waals surface area contributed by atoms with Crippen LogP contribution in [0.2, 0.25) is 0 Å². The van der Waals surface area contributed by atoms with Crippen molar-refractivity contribution in [3.63, 3.8) is 0 Å². The molecule has 0 radical (unpaired) electrons. The maximum atomic E-state index is 11.8. The molecule has 0 saturated heterocycles. The third kappa shape index (κ3) is 0.697. The Morgan fingerprint density at radius 1 is 1.00 bits per heavy atom. The van der Waals surface area contributed by atoms with Gasteiger partial charge in [-0.1, -0.05) is 0 Å². The van der Waals surface area contributed by atoms with Crippen molar-refractivity contribution < 1.29 is 23.1 Å². The fraction of sp³-hybridized carbons (Fsp3) is 0. The van der Waals surface area contributed by atoms with Crippen LogP contribution in [0, 0.1) is 0 Å². The van der Waals surface area contributed by atoms with Crippen molar-refractivity contribution >= 4 is 11.9 Å². The molecule has 0 aromatic heterocycles. The molecule has 0 unspecified atom stereocenters. The molecular weight excluding hydrogens is 134 g/mol. The fourth-order valence-electron chi connectivity index (χ4n) is 0.353. The van der Waals surface area contributed by atoms with Crippen molar-refractivity contribution in [1.29, 1.82) is 0 Å². The summed E-state index contributed by atoms with van der Waals surface area (Å²) in [4.78, 5) is 19.8. The summed E-state index contributed by atoms with van der Waals surface area (Å²) in [6.07, 6.45) is 0. The van der Waals surface area contributed by atoms with Gasteiger partial charge in [0.1, 0.15) is 0 Å². The molecule has 1 aliphatic heterocycles. The Morgan fingerprint density at radius 3 is 1.44 bits per heavy atom. The molecule has 0 fully saturated rings. The zero-order valence-electron chi connectivity index (χ0n) is 3.98. The summed E-state index contributed by atoms with van der Waals surface area (Å²) in [6.45, 7) is 0. The van der Waals surface area contributed by atoms with E-state index < -0.39 is 23.6 Å². The van der Waals surface area contributed by atoms with E-state index in [1.807, 2.05) is 0 Å². The Balaban J connectivity index is 3.06. The molecule has 0 spiro atoms. The number of rotatable bonds is 0. The van der Waals surface area contributed by atoms with Crippen LogP contribution in [-0.4, -0.2) is 11.9 Å². The van der Waals surface area contributed by atoms with Gasteiger partial charge in [0.15, 0.2) is 0 Å². The average molecular weight is 134 g/mol. The van der Waals surface area contributed by atoms with E-state index in [9.17, 15) is 18.4 Å². The van der Waals surface area contributed by atoms with Crippen LogP contribution >= 0.6 is 0 Å². The predicted octanol–water partition coefficient (Wildman–Crippen LogP) is 0.220. The van der Waals surface area contributed by atoms with Crippen LogP contribution in [0.25, 0.3) is 0 Å². The van der Waals surface area contributed by atoms with Gasteiger partial charge in [-0.25, -0.2) is 9.59 Å². The molecule has 0 aromatic rings. The van der Waals surface area contributed by atoms with Crippen molar-refractivity contribution in [3.05, 3.63) is 11.7 Å². The molecule has 1 rings (SSSR count). The molecule has 5 heteroatoms. The molecule has 0 N–H and O–H groups in total. The van der Waals surface area contributed by atoms with Crippen LogP contribution in [0.3, 0.4) is 0 Å². The lowest BCUT2D eigenvalue weighted by atomic mass is 10.5. The normalized spacial score (nSPS) is 18.9. The summed E-state index contributed by atoms with van der Waals surface area (Å²) in [7, 11) is 0. The van der Waals surface area contributed by atoms with Gasteiger partial charge in [-0.2, -0.15) is 8.78 Å². The molecule has 0 aromatic carbocycles. The van der Waals surface area contributed by atoms with E-state index in [0.29, 0.717) is 0 Å². The van der Waals surface area contributed by atoms with E-state index in [1.165, 1.54) is 0 Å². The Kier molecular flexibility index (Phi) is 1.05. The molecule has 0 saturated carbocycles. The van der Waals surface area contributed by atoms with Crippen molar-refractivity contribution in [1.82, 2.24) is 0 Å². The standard InChI is InChI=1S/C4F2O3/c5-1-2(6)4(8)9-3(1)7. The van der Waals surface area contributed by atoms with Crippen LogP contribution in [0.1, 0.15) is 0 Å². The number of halogens is 2. The largest absolute Gasteiger partial charge is 0.382 e. The number of esters is 2. The van der Waals surface area contributed by atoms with Gasteiger partial charge < -0.3 is 4.74 Å². The van der Waals surface area contributed by atoms with E-state index in [1.54, 1.807) is 0 Å². The van der Waals surface area contributed by atoms with Crippen molar-refractivity contribution in [2.45, 2.75) is 0 Å². The van der Waals surface area contributed by atoms with Gasteiger partial charge >= 0.3 is 11.9 Å². The highest BCUT2D eigenvalue weighted by Gasteiger charge is 2.34. The Bertz CT molecular complexity index is 196. The van der Waals surface area contributed by atoms with Gasteiger partial charge in [-0.3, -0.25) is 0 Å². The molecule has 1 heterocycles. The van der Waals surface area contributed by atoms with Crippen LogP contribution in [-0.2, 0) is 14.3 Å². The second kappa shape index (κ2) is 1.61. The highest BCUT2D eigenvalue weighted by molar-refractivity contribution is 6.09. The topological polar surface area (TPSA) is 43.4 Å². The number of cyclic esters (lactones) is 2. The zero-order valence-corrected chi connectivity index (χ0v) is 3.98. The maximum absolute atomic E-state index is 11.8. The van der Waals surface area contributed by atoms with E-state index in [-0.39, 0.29) is 0 Å². The van der Waals surface area contributed by atoms with Gasteiger partial charge in [0.05, 0.1) is 0 Å². The van der Waals surface area contributed by atoms with Crippen molar-refractivity contribution in [3.8, 4) is 0 Å². The molecule has 48 valence electrons. The van der Waals surface area contributed by atoms with Crippen molar-refractivity contribution in [2.24, 2.45) is 0 Å². The highest BCUT2D eigenvalue weighted by atomic mass is 19.2. The lowest BCUT2D eigenvalue weighted by Gasteiger charge is -1.81. The first-order chi connectivity index (χ1) is 4.13. The summed E-state index contributed by atoms with van der Waals surface area (Å²) in [5, 5.41) is 0. The predicted molar refractivity (Wildman–Crippen MR) is 20.3 cm³/mol. The number of carbonyl (C=O) groups excluding carboxylic acids is 2. The summed E-state index contributed by atoms with van der Waals surface area (Å²) in [5.41, 5.74) is 0. The molecule has 3 nitrogen and oxygen atoms in total. The lowest BCUT2D eigenvalue weighted by Crippen LogP contribution is -2.00. The molecule has 0 amide bonds. The minimum atomic E-state index is -1.75. The second-order valence-corrected chi connectivity index (χ2v) is 1.30. The minimum absolute atomic E-state index is 1.56. The van der Waals surface area contributed by atoms with Crippen LogP contribution < -0.4 is 0 Å². The Morgan fingerprint density at radius 2 is 1.33 bits per heavy atom. The van der Waals surface area contributed by atoms with E-state index >= 15 is 0 Å². The number of carbonyl (C=O) groups is 2. The van der Waals surface area contributed by atoms with E-state index in [2.05, 4.69) is 4.74 Å². The third-order valence-corrected chi connectivity index (χ3v) is 0.737. The first-order valence-electron chi connectivity index (χ1n) is 1.94. The first kappa shape index (κ1) is 5.87. The molecule has 9 heavy (non-hydrogen) atoms. The number of ether oxygens (including phenoxy) is 1. The van der Waals surface area contributed by atoms with Gasteiger partial charge in [0.2, 0.25) is 0 Å². The smallest absolute Gasteiger partial charge is 0.378 e. The molecule has 0 atom stereocenters. The van der Waals surface area contributed by atoms with E-state index in [4.69, 9.17) is 0 Å². The van der Waals surface area contributed by atoms with Gasteiger partial charge in [0.25, 0.3) is 11.7 Å². The van der Waals surface area contributed by atoms with Crippen LogP contribution in [0.4, 0.5) is 8.78 Å². The summed E-state index contributed by atoms with van der Waals surface area (Å²) >= 11 is 0.